The lowest BCUT2D eigenvalue weighted by atomic mass is 10.2. The molecule has 2 aromatic rings. The van der Waals surface area contributed by atoms with Gasteiger partial charge in [0.15, 0.2) is 0 Å². The predicted molar refractivity (Wildman–Crippen MR) is 101 cm³/mol. The SMILES string of the molecule is O=[N+]([O-])c1ccc(N2CCN(S(=O)(=O)c3cc(Cl)cc(Cl)c3)CC2)cc1. The Balaban J connectivity index is 1.72. The van der Waals surface area contributed by atoms with Gasteiger partial charge >= 0.3 is 0 Å². The third-order valence-electron chi connectivity index (χ3n) is 4.14. The van der Waals surface area contributed by atoms with Crippen LogP contribution in [0, 0.1) is 10.1 Å². The number of piperazine rings is 1. The Morgan fingerprint density at radius 1 is 0.923 bits per heavy atom. The smallest absolute Gasteiger partial charge is 0.269 e. The monoisotopic (exact) mass is 415 g/mol. The molecular formula is C16H15Cl2N3O4S. The number of anilines is 1. The molecule has 1 heterocycles. The van der Waals surface area contributed by atoms with Gasteiger partial charge in [-0.2, -0.15) is 4.31 Å². The minimum Gasteiger partial charge on any atom is -0.369 e. The van der Waals surface area contributed by atoms with Gasteiger partial charge in [0.05, 0.1) is 9.82 Å². The van der Waals surface area contributed by atoms with Gasteiger partial charge in [-0.05, 0) is 30.3 Å². The number of hydrogen-bond donors (Lipinski definition) is 0. The molecule has 0 radical (unpaired) electrons. The number of rotatable bonds is 4. The van der Waals surface area contributed by atoms with E-state index in [9.17, 15) is 18.5 Å². The van der Waals surface area contributed by atoms with Crippen molar-refractivity contribution in [3.05, 3.63) is 62.6 Å². The minimum absolute atomic E-state index is 0.0211. The molecule has 26 heavy (non-hydrogen) atoms. The van der Waals surface area contributed by atoms with Crippen LogP contribution in [-0.4, -0.2) is 43.8 Å². The first kappa shape index (κ1) is 18.9. The first-order valence-electron chi connectivity index (χ1n) is 7.73. The summed E-state index contributed by atoms with van der Waals surface area (Å²) in [6.45, 7) is 1.55. The highest BCUT2D eigenvalue weighted by Crippen LogP contribution is 2.27. The number of nitro groups is 1. The van der Waals surface area contributed by atoms with E-state index in [1.807, 2.05) is 4.90 Å². The Kier molecular flexibility index (Phi) is 5.38. The molecule has 0 aromatic heterocycles. The van der Waals surface area contributed by atoms with E-state index < -0.39 is 14.9 Å². The highest BCUT2D eigenvalue weighted by atomic mass is 35.5. The second-order valence-corrected chi connectivity index (χ2v) is 8.58. The molecule has 1 fully saturated rings. The maximum absolute atomic E-state index is 12.8. The van der Waals surface area contributed by atoms with E-state index in [0.29, 0.717) is 26.2 Å². The largest absolute Gasteiger partial charge is 0.369 e. The number of hydrogen-bond acceptors (Lipinski definition) is 5. The molecular weight excluding hydrogens is 401 g/mol. The summed E-state index contributed by atoms with van der Waals surface area (Å²) in [5, 5.41) is 11.3. The van der Waals surface area contributed by atoms with E-state index in [-0.39, 0.29) is 20.6 Å². The summed E-state index contributed by atoms with van der Waals surface area (Å²) >= 11 is 11.8. The van der Waals surface area contributed by atoms with Crippen LogP contribution in [0.3, 0.4) is 0 Å². The van der Waals surface area contributed by atoms with Gasteiger partial charge in [0, 0.05) is 54.0 Å². The normalized spacial score (nSPS) is 15.8. The Hall–Kier alpha value is -1.87. The molecule has 10 heteroatoms. The summed E-state index contributed by atoms with van der Waals surface area (Å²) in [5.41, 5.74) is 0.839. The first-order valence-corrected chi connectivity index (χ1v) is 9.92. The van der Waals surface area contributed by atoms with Crippen LogP contribution in [-0.2, 0) is 10.0 Å². The molecule has 2 aromatic carbocycles. The molecule has 1 aliphatic heterocycles. The van der Waals surface area contributed by atoms with Gasteiger partial charge in [-0.3, -0.25) is 10.1 Å². The molecule has 0 saturated carbocycles. The molecule has 1 aliphatic rings. The average molecular weight is 416 g/mol. The molecule has 0 bridgehead atoms. The molecule has 0 atom stereocenters. The molecule has 3 rings (SSSR count). The molecule has 0 aliphatic carbocycles. The zero-order valence-electron chi connectivity index (χ0n) is 13.5. The summed E-state index contributed by atoms with van der Waals surface area (Å²) in [6.07, 6.45) is 0. The van der Waals surface area contributed by atoms with Crippen molar-refractivity contribution in [2.24, 2.45) is 0 Å². The van der Waals surface area contributed by atoms with Gasteiger partial charge in [0.1, 0.15) is 0 Å². The van der Waals surface area contributed by atoms with Crippen molar-refractivity contribution in [2.45, 2.75) is 4.90 Å². The summed E-state index contributed by atoms with van der Waals surface area (Å²) in [4.78, 5) is 12.3. The Bertz CT molecular complexity index is 907. The van der Waals surface area contributed by atoms with E-state index in [2.05, 4.69) is 0 Å². The standard InChI is InChI=1S/C16H15Cl2N3O4S/c17-12-9-13(18)11-16(10-12)26(24,25)20-7-5-19(6-8-20)14-1-3-15(4-2-14)21(22)23/h1-4,9-11H,5-8H2. The molecule has 7 nitrogen and oxygen atoms in total. The first-order chi connectivity index (χ1) is 12.3. The van der Waals surface area contributed by atoms with Crippen molar-refractivity contribution >= 4 is 44.6 Å². The summed E-state index contributed by atoms with van der Waals surface area (Å²) in [7, 11) is -3.68. The van der Waals surface area contributed by atoms with Crippen LogP contribution in [0.2, 0.25) is 10.0 Å². The second kappa shape index (κ2) is 7.40. The molecule has 0 spiro atoms. The lowest BCUT2D eigenvalue weighted by Gasteiger charge is -2.35. The summed E-state index contributed by atoms with van der Waals surface area (Å²) in [6, 6.07) is 10.4. The van der Waals surface area contributed by atoms with Crippen LogP contribution >= 0.6 is 23.2 Å². The Morgan fingerprint density at radius 2 is 1.46 bits per heavy atom. The number of sulfonamides is 1. The van der Waals surface area contributed by atoms with Gasteiger partial charge in [0.25, 0.3) is 5.69 Å². The fourth-order valence-corrected chi connectivity index (χ4v) is 4.95. The summed E-state index contributed by atoms with van der Waals surface area (Å²) in [5.74, 6) is 0. The molecule has 0 N–H and O–H groups in total. The van der Waals surface area contributed by atoms with Gasteiger partial charge in [-0.1, -0.05) is 23.2 Å². The topological polar surface area (TPSA) is 83.8 Å². The van der Waals surface area contributed by atoms with Crippen molar-refractivity contribution in [2.75, 3.05) is 31.1 Å². The van der Waals surface area contributed by atoms with Crippen molar-refractivity contribution in [3.8, 4) is 0 Å². The Labute approximate surface area is 160 Å². The summed E-state index contributed by atoms with van der Waals surface area (Å²) < 4.78 is 26.9. The zero-order valence-corrected chi connectivity index (χ0v) is 15.8. The minimum atomic E-state index is -3.68. The Morgan fingerprint density at radius 3 is 1.96 bits per heavy atom. The van der Waals surface area contributed by atoms with E-state index in [1.165, 1.54) is 34.6 Å². The highest BCUT2D eigenvalue weighted by Gasteiger charge is 2.29. The number of nitro benzene ring substituents is 1. The lowest BCUT2D eigenvalue weighted by Crippen LogP contribution is -2.48. The van der Waals surface area contributed by atoms with Crippen LogP contribution in [0.1, 0.15) is 0 Å². The molecule has 138 valence electrons. The van der Waals surface area contributed by atoms with Gasteiger partial charge in [0.2, 0.25) is 10.0 Å². The number of halogens is 2. The highest BCUT2D eigenvalue weighted by molar-refractivity contribution is 7.89. The fraction of sp³-hybridized carbons (Fsp3) is 0.250. The van der Waals surface area contributed by atoms with E-state index in [0.717, 1.165) is 5.69 Å². The van der Waals surface area contributed by atoms with Crippen LogP contribution in [0.25, 0.3) is 0 Å². The van der Waals surface area contributed by atoms with Crippen LogP contribution in [0.4, 0.5) is 11.4 Å². The van der Waals surface area contributed by atoms with Crippen molar-refractivity contribution in [3.63, 3.8) is 0 Å². The quantitative estimate of drug-likeness (QED) is 0.564. The fourth-order valence-electron chi connectivity index (χ4n) is 2.80. The number of non-ortho nitro benzene ring substituents is 1. The molecule has 0 amide bonds. The zero-order chi connectivity index (χ0) is 18.9. The van der Waals surface area contributed by atoms with Gasteiger partial charge < -0.3 is 4.90 Å². The van der Waals surface area contributed by atoms with E-state index in [4.69, 9.17) is 23.2 Å². The lowest BCUT2D eigenvalue weighted by molar-refractivity contribution is -0.384. The maximum Gasteiger partial charge on any atom is 0.269 e. The number of nitrogens with zero attached hydrogens (tertiary/aromatic N) is 3. The van der Waals surface area contributed by atoms with Crippen LogP contribution in [0.5, 0.6) is 0 Å². The van der Waals surface area contributed by atoms with E-state index in [1.54, 1.807) is 12.1 Å². The third kappa shape index (κ3) is 3.93. The van der Waals surface area contributed by atoms with Gasteiger partial charge in [-0.15, -0.1) is 0 Å². The molecule has 1 saturated heterocycles. The van der Waals surface area contributed by atoms with Crippen molar-refractivity contribution < 1.29 is 13.3 Å². The van der Waals surface area contributed by atoms with Crippen molar-refractivity contribution in [1.29, 1.82) is 0 Å². The van der Waals surface area contributed by atoms with E-state index >= 15 is 0 Å². The van der Waals surface area contributed by atoms with Crippen LogP contribution in [0.15, 0.2) is 47.4 Å². The molecule has 0 unspecified atom stereocenters. The maximum atomic E-state index is 12.8. The van der Waals surface area contributed by atoms with Crippen LogP contribution < -0.4 is 4.90 Å². The average Bonchev–Trinajstić information content (AvgIpc) is 2.61. The second-order valence-electron chi connectivity index (χ2n) is 5.77. The van der Waals surface area contributed by atoms with Crippen molar-refractivity contribution in [1.82, 2.24) is 4.31 Å². The number of benzene rings is 2. The third-order valence-corrected chi connectivity index (χ3v) is 6.45. The predicted octanol–water partition coefficient (Wildman–Crippen LogP) is 3.41. The van der Waals surface area contributed by atoms with Gasteiger partial charge in [-0.25, -0.2) is 8.42 Å².